The predicted octanol–water partition coefficient (Wildman–Crippen LogP) is 3.86. The summed E-state index contributed by atoms with van der Waals surface area (Å²) >= 11 is 6.95. The molecule has 1 heterocycles. The van der Waals surface area contributed by atoms with Gasteiger partial charge in [0, 0.05) is 25.5 Å². The number of esters is 1. The van der Waals surface area contributed by atoms with Gasteiger partial charge in [0.15, 0.2) is 18.2 Å². The van der Waals surface area contributed by atoms with Crippen LogP contribution in [-0.4, -0.2) is 36.6 Å². The number of hydrogen-bond acceptors (Lipinski definition) is 6. The van der Waals surface area contributed by atoms with Crippen LogP contribution in [0.5, 0.6) is 0 Å². The number of aryl methyl sites for hydroxylation is 1. The molecule has 2 aromatic rings. The van der Waals surface area contributed by atoms with Crippen LogP contribution in [0.3, 0.4) is 0 Å². The first-order chi connectivity index (χ1) is 13.8. The van der Waals surface area contributed by atoms with E-state index < -0.39 is 5.97 Å². The normalized spacial score (nSPS) is 10.4. The van der Waals surface area contributed by atoms with Crippen molar-refractivity contribution in [3.63, 3.8) is 0 Å². The molecule has 0 saturated heterocycles. The molecule has 0 radical (unpaired) electrons. The van der Waals surface area contributed by atoms with E-state index in [-0.39, 0.29) is 36.9 Å². The van der Waals surface area contributed by atoms with Gasteiger partial charge in [-0.15, -0.1) is 11.3 Å². The molecular formula is C21H22ClNO5S. The maximum Gasteiger partial charge on any atom is 0.306 e. The molecule has 0 aliphatic heterocycles. The summed E-state index contributed by atoms with van der Waals surface area (Å²) in [5.74, 6) is -1.14. The van der Waals surface area contributed by atoms with Gasteiger partial charge in [-0.1, -0.05) is 35.9 Å². The van der Waals surface area contributed by atoms with Gasteiger partial charge in [-0.25, -0.2) is 0 Å². The highest BCUT2D eigenvalue weighted by atomic mass is 35.5. The monoisotopic (exact) mass is 435 g/mol. The molecule has 29 heavy (non-hydrogen) atoms. The second kappa shape index (κ2) is 11.5. The Morgan fingerprint density at radius 1 is 1.00 bits per heavy atom. The zero-order valence-corrected chi connectivity index (χ0v) is 17.6. The smallest absolute Gasteiger partial charge is 0.306 e. The summed E-state index contributed by atoms with van der Waals surface area (Å²) in [5, 5.41) is 2.73. The maximum atomic E-state index is 12.2. The first-order valence-corrected chi connectivity index (χ1v) is 10.4. The predicted molar refractivity (Wildman–Crippen MR) is 112 cm³/mol. The number of halogens is 1. The fourth-order valence-electron chi connectivity index (χ4n) is 2.52. The Morgan fingerprint density at radius 2 is 1.72 bits per heavy atom. The Balaban J connectivity index is 1.70. The van der Waals surface area contributed by atoms with Crippen molar-refractivity contribution in [2.24, 2.45) is 0 Å². The molecule has 0 saturated carbocycles. The molecule has 0 aliphatic carbocycles. The Morgan fingerprint density at radius 3 is 2.34 bits per heavy atom. The van der Waals surface area contributed by atoms with Crippen molar-refractivity contribution < 1.29 is 23.9 Å². The van der Waals surface area contributed by atoms with Gasteiger partial charge in [0.25, 0.3) is 0 Å². The number of rotatable bonds is 11. The van der Waals surface area contributed by atoms with Crippen LogP contribution in [0.25, 0.3) is 0 Å². The van der Waals surface area contributed by atoms with Crippen LogP contribution in [-0.2, 0) is 20.7 Å². The van der Waals surface area contributed by atoms with E-state index in [0.717, 1.165) is 29.7 Å². The van der Waals surface area contributed by atoms with E-state index >= 15 is 0 Å². The lowest BCUT2D eigenvalue weighted by Crippen LogP contribution is -2.21. The lowest BCUT2D eigenvalue weighted by molar-refractivity contribution is -0.142. The summed E-state index contributed by atoms with van der Waals surface area (Å²) in [6, 6.07) is 10.3. The minimum atomic E-state index is -0.594. The third kappa shape index (κ3) is 8.17. The van der Waals surface area contributed by atoms with Crippen LogP contribution in [0.2, 0.25) is 4.34 Å². The highest BCUT2D eigenvalue weighted by Crippen LogP contribution is 2.23. The topological polar surface area (TPSA) is 89.5 Å². The number of thiophene rings is 1. The van der Waals surface area contributed by atoms with Crippen molar-refractivity contribution in [1.29, 1.82) is 0 Å². The highest BCUT2D eigenvalue weighted by molar-refractivity contribution is 7.18. The molecule has 0 aliphatic rings. The molecular weight excluding hydrogens is 414 g/mol. The highest BCUT2D eigenvalue weighted by Gasteiger charge is 2.14. The summed E-state index contributed by atoms with van der Waals surface area (Å²) in [6.07, 6.45) is 1.51. The summed E-state index contributed by atoms with van der Waals surface area (Å²) in [5.41, 5.74) is 1.50. The molecule has 0 atom stereocenters. The molecule has 154 valence electrons. The van der Waals surface area contributed by atoms with Crippen LogP contribution >= 0.6 is 22.9 Å². The van der Waals surface area contributed by atoms with Crippen LogP contribution < -0.4 is 5.32 Å². The van der Waals surface area contributed by atoms with Gasteiger partial charge in [-0.2, -0.15) is 0 Å². The molecule has 0 unspecified atom stereocenters. The fraction of sp³-hybridized carbons (Fsp3) is 0.333. The van der Waals surface area contributed by atoms with E-state index in [9.17, 15) is 19.2 Å². The molecule has 1 aromatic carbocycles. The Bertz CT molecular complexity index is 875. The molecule has 1 amide bonds. The van der Waals surface area contributed by atoms with E-state index in [1.165, 1.54) is 6.92 Å². The van der Waals surface area contributed by atoms with E-state index in [1.807, 2.05) is 12.1 Å². The second-order valence-electron chi connectivity index (χ2n) is 6.39. The van der Waals surface area contributed by atoms with Crippen molar-refractivity contribution in [3.05, 3.63) is 56.7 Å². The van der Waals surface area contributed by atoms with Crippen molar-refractivity contribution in [3.8, 4) is 0 Å². The first-order valence-electron chi connectivity index (χ1n) is 9.16. The van der Waals surface area contributed by atoms with E-state index in [1.54, 1.807) is 24.3 Å². The number of carbonyl (C=O) groups is 4. The van der Waals surface area contributed by atoms with Crippen molar-refractivity contribution >= 4 is 46.4 Å². The number of ether oxygens (including phenoxy) is 1. The maximum absolute atomic E-state index is 12.2. The minimum absolute atomic E-state index is 0.0110. The van der Waals surface area contributed by atoms with Gasteiger partial charge in [0.05, 0.1) is 15.6 Å². The summed E-state index contributed by atoms with van der Waals surface area (Å²) < 4.78 is 5.49. The van der Waals surface area contributed by atoms with Crippen LogP contribution in [0.4, 0.5) is 0 Å². The first kappa shape index (κ1) is 22.8. The van der Waals surface area contributed by atoms with Gasteiger partial charge < -0.3 is 10.1 Å². The van der Waals surface area contributed by atoms with Crippen LogP contribution in [0, 0.1) is 0 Å². The standard InChI is InChI=1S/C21H22ClNO5S/c1-14(24)23-12-2-3-15-4-6-16(7-5-15)18(26)13-28-21(27)11-8-17(25)19-9-10-20(22)29-19/h4-7,9-10H,2-3,8,11-13H2,1H3,(H,23,24). The molecule has 0 fully saturated rings. The molecule has 0 bridgehead atoms. The fourth-order valence-corrected chi connectivity index (χ4v) is 3.53. The molecule has 0 spiro atoms. The molecule has 1 aromatic heterocycles. The molecule has 6 nitrogen and oxygen atoms in total. The Labute approximate surface area is 178 Å². The molecule has 1 N–H and O–H groups in total. The lowest BCUT2D eigenvalue weighted by Gasteiger charge is -2.06. The van der Waals surface area contributed by atoms with Crippen molar-refractivity contribution in [2.75, 3.05) is 13.2 Å². The number of benzene rings is 1. The van der Waals surface area contributed by atoms with Gasteiger partial charge in [0.1, 0.15) is 0 Å². The third-order valence-corrected chi connectivity index (χ3v) is 5.33. The molecule has 2 rings (SSSR count). The molecule has 8 heteroatoms. The summed E-state index contributed by atoms with van der Waals surface area (Å²) in [6.45, 7) is 1.72. The van der Waals surface area contributed by atoms with E-state index in [0.29, 0.717) is 21.3 Å². The SMILES string of the molecule is CC(=O)NCCCc1ccc(C(=O)COC(=O)CCC(=O)c2ccc(Cl)s2)cc1. The Kier molecular flexibility index (Phi) is 9.02. The average molecular weight is 436 g/mol. The number of hydrogen-bond donors (Lipinski definition) is 1. The number of nitrogens with one attached hydrogen (secondary N) is 1. The third-order valence-electron chi connectivity index (χ3n) is 4.06. The minimum Gasteiger partial charge on any atom is -0.457 e. The van der Waals surface area contributed by atoms with E-state index in [2.05, 4.69) is 5.32 Å². The number of amides is 1. The number of ketones is 2. The zero-order valence-electron chi connectivity index (χ0n) is 16.0. The number of carbonyl (C=O) groups excluding carboxylic acids is 4. The quantitative estimate of drug-likeness (QED) is 0.329. The van der Waals surface area contributed by atoms with Crippen molar-refractivity contribution in [1.82, 2.24) is 5.32 Å². The van der Waals surface area contributed by atoms with Gasteiger partial charge >= 0.3 is 5.97 Å². The number of Topliss-reactive ketones (excluding diaryl/α,β-unsaturated/α-hetero) is 2. The summed E-state index contributed by atoms with van der Waals surface area (Å²) in [4.78, 5) is 47.2. The van der Waals surface area contributed by atoms with Gasteiger partial charge in [-0.3, -0.25) is 19.2 Å². The Hall–Kier alpha value is -2.51. The van der Waals surface area contributed by atoms with Gasteiger partial charge in [-0.05, 0) is 30.5 Å². The van der Waals surface area contributed by atoms with Crippen molar-refractivity contribution in [2.45, 2.75) is 32.6 Å². The van der Waals surface area contributed by atoms with Crippen LogP contribution in [0.15, 0.2) is 36.4 Å². The van der Waals surface area contributed by atoms with Crippen LogP contribution in [0.1, 0.15) is 51.8 Å². The zero-order chi connectivity index (χ0) is 21.2. The average Bonchev–Trinajstić information content (AvgIpc) is 3.14. The van der Waals surface area contributed by atoms with Gasteiger partial charge in [0.2, 0.25) is 5.91 Å². The second-order valence-corrected chi connectivity index (χ2v) is 8.11. The van der Waals surface area contributed by atoms with E-state index in [4.69, 9.17) is 16.3 Å². The lowest BCUT2D eigenvalue weighted by atomic mass is 10.1. The largest absolute Gasteiger partial charge is 0.457 e. The summed E-state index contributed by atoms with van der Waals surface area (Å²) in [7, 11) is 0.